The first-order valence-electron chi connectivity index (χ1n) is 7.96. The van der Waals surface area contributed by atoms with Crippen LogP contribution in [0.2, 0.25) is 0 Å². The van der Waals surface area contributed by atoms with Crippen LogP contribution in [0.5, 0.6) is 5.75 Å². The molecule has 0 aliphatic carbocycles. The van der Waals surface area contributed by atoms with Gasteiger partial charge in [0.25, 0.3) is 5.91 Å². The van der Waals surface area contributed by atoms with E-state index >= 15 is 0 Å². The van der Waals surface area contributed by atoms with Gasteiger partial charge in [-0.2, -0.15) is 0 Å². The van der Waals surface area contributed by atoms with E-state index in [-0.39, 0.29) is 25.1 Å². The fourth-order valence-electron chi connectivity index (χ4n) is 2.64. The summed E-state index contributed by atoms with van der Waals surface area (Å²) in [6, 6.07) is 13.5. The molecule has 2 rings (SSSR count). The Morgan fingerprint density at radius 2 is 1.96 bits per heavy atom. The number of carbonyl (C=O) groups excluding carboxylic acids is 1. The number of para-hydroxylation sites is 1. The Morgan fingerprint density at radius 1 is 1.21 bits per heavy atom. The van der Waals surface area contributed by atoms with E-state index in [0.717, 1.165) is 22.6 Å². The number of rotatable bonds is 7. The summed E-state index contributed by atoms with van der Waals surface area (Å²) in [5.74, 6) is 0.641. The van der Waals surface area contributed by atoms with Gasteiger partial charge < -0.3 is 20.5 Å². The van der Waals surface area contributed by atoms with Crippen molar-refractivity contribution < 1.29 is 14.6 Å². The van der Waals surface area contributed by atoms with Gasteiger partial charge >= 0.3 is 0 Å². The molecule has 0 saturated heterocycles. The Bertz CT molecular complexity index is 701. The third-order valence-corrected chi connectivity index (χ3v) is 3.95. The molecule has 5 nitrogen and oxygen atoms in total. The molecule has 2 aromatic carbocycles. The number of carbonyl (C=O) groups is 1. The molecule has 2 aromatic rings. The lowest BCUT2D eigenvalue weighted by atomic mass is 10.0. The van der Waals surface area contributed by atoms with E-state index in [9.17, 15) is 4.79 Å². The number of hydrogen-bond acceptors (Lipinski definition) is 4. The zero-order valence-electron chi connectivity index (χ0n) is 14.3. The molecular formula is C19H24N2O3. The smallest absolute Gasteiger partial charge is 0.251 e. The zero-order valence-corrected chi connectivity index (χ0v) is 14.3. The lowest BCUT2D eigenvalue weighted by Crippen LogP contribution is -2.27. The monoisotopic (exact) mass is 328 g/mol. The molecule has 0 spiro atoms. The average molecular weight is 328 g/mol. The third-order valence-electron chi connectivity index (χ3n) is 3.95. The highest BCUT2D eigenvalue weighted by molar-refractivity contribution is 5.97. The normalized spacial score (nSPS) is 11.7. The predicted molar refractivity (Wildman–Crippen MR) is 95.6 cm³/mol. The van der Waals surface area contributed by atoms with Crippen LogP contribution in [-0.2, 0) is 0 Å². The minimum Gasteiger partial charge on any atom is -0.496 e. The maximum atomic E-state index is 12.2. The van der Waals surface area contributed by atoms with E-state index < -0.39 is 0 Å². The summed E-state index contributed by atoms with van der Waals surface area (Å²) in [5.41, 5.74) is 3.41. The maximum absolute atomic E-state index is 12.2. The topological polar surface area (TPSA) is 70.6 Å². The average Bonchev–Trinajstić information content (AvgIpc) is 2.61. The summed E-state index contributed by atoms with van der Waals surface area (Å²) in [5, 5.41) is 15.0. The highest BCUT2D eigenvalue weighted by atomic mass is 16.5. The minimum absolute atomic E-state index is 0.0237. The molecule has 0 fully saturated rings. The molecule has 1 amide bonds. The Labute approximate surface area is 142 Å². The molecule has 1 unspecified atom stereocenters. The fraction of sp³-hybridized carbons (Fsp3) is 0.316. The van der Waals surface area contributed by atoms with Gasteiger partial charge in [0.15, 0.2) is 0 Å². The number of aliphatic hydroxyl groups is 1. The van der Waals surface area contributed by atoms with Crippen LogP contribution in [0, 0.1) is 6.92 Å². The first-order valence-corrected chi connectivity index (χ1v) is 7.96. The van der Waals surface area contributed by atoms with Crippen molar-refractivity contribution in [2.75, 3.05) is 25.6 Å². The number of ether oxygens (including phenoxy) is 1. The largest absolute Gasteiger partial charge is 0.496 e. The van der Waals surface area contributed by atoms with E-state index in [1.807, 2.05) is 43.3 Å². The van der Waals surface area contributed by atoms with Crippen molar-refractivity contribution in [3.8, 4) is 5.75 Å². The van der Waals surface area contributed by atoms with Crippen molar-refractivity contribution >= 4 is 11.6 Å². The van der Waals surface area contributed by atoms with Gasteiger partial charge in [-0.3, -0.25) is 4.79 Å². The predicted octanol–water partition coefficient (Wildman–Crippen LogP) is 2.90. The number of anilines is 1. The van der Waals surface area contributed by atoms with Crippen LogP contribution in [0.4, 0.5) is 5.69 Å². The second-order valence-corrected chi connectivity index (χ2v) is 5.57. The van der Waals surface area contributed by atoms with E-state index in [0.29, 0.717) is 5.56 Å². The molecule has 0 saturated carbocycles. The van der Waals surface area contributed by atoms with Crippen LogP contribution in [-0.4, -0.2) is 31.3 Å². The summed E-state index contributed by atoms with van der Waals surface area (Å²) >= 11 is 0. The van der Waals surface area contributed by atoms with E-state index in [2.05, 4.69) is 17.6 Å². The number of hydrogen-bond donors (Lipinski definition) is 3. The summed E-state index contributed by atoms with van der Waals surface area (Å²) in [6.45, 7) is 4.13. The quantitative estimate of drug-likeness (QED) is 0.731. The number of aliphatic hydroxyl groups excluding tert-OH is 1. The van der Waals surface area contributed by atoms with Crippen molar-refractivity contribution in [2.24, 2.45) is 0 Å². The van der Waals surface area contributed by atoms with Gasteiger partial charge in [0.1, 0.15) is 5.75 Å². The molecule has 1 atom stereocenters. The molecule has 0 heterocycles. The van der Waals surface area contributed by atoms with Crippen LogP contribution in [0.25, 0.3) is 0 Å². The van der Waals surface area contributed by atoms with Crippen LogP contribution in [0.15, 0.2) is 42.5 Å². The maximum Gasteiger partial charge on any atom is 0.251 e. The molecule has 5 heteroatoms. The minimum atomic E-state index is -0.185. The van der Waals surface area contributed by atoms with Crippen molar-refractivity contribution in [1.82, 2.24) is 5.32 Å². The van der Waals surface area contributed by atoms with Gasteiger partial charge in [0.2, 0.25) is 0 Å². The first kappa shape index (κ1) is 17.8. The standard InChI is InChI=1S/C19H24N2O3/c1-13-15(19(23)20-11-12-22)8-6-9-17(13)21-14(2)16-7-4-5-10-18(16)24-3/h4-10,14,21-22H,11-12H2,1-3H3,(H,20,23). The van der Waals surface area contributed by atoms with Gasteiger partial charge in [-0.1, -0.05) is 24.3 Å². The zero-order chi connectivity index (χ0) is 17.5. The Hall–Kier alpha value is -2.53. The number of amides is 1. The Morgan fingerprint density at radius 3 is 2.67 bits per heavy atom. The third kappa shape index (κ3) is 4.06. The lowest BCUT2D eigenvalue weighted by Gasteiger charge is -2.20. The van der Waals surface area contributed by atoms with Crippen LogP contribution < -0.4 is 15.4 Å². The molecule has 0 aromatic heterocycles. The molecule has 0 aliphatic heterocycles. The summed E-state index contributed by atoms with van der Waals surface area (Å²) in [7, 11) is 1.66. The lowest BCUT2D eigenvalue weighted by molar-refractivity contribution is 0.0944. The van der Waals surface area contributed by atoms with Crippen molar-refractivity contribution in [3.05, 3.63) is 59.2 Å². The summed E-state index contributed by atoms with van der Waals surface area (Å²) < 4.78 is 5.41. The fourth-order valence-corrected chi connectivity index (χ4v) is 2.64. The molecule has 0 aliphatic rings. The molecule has 128 valence electrons. The van der Waals surface area contributed by atoms with E-state index in [4.69, 9.17) is 9.84 Å². The van der Waals surface area contributed by atoms with Gasteiger partial charge in [-0.15, -0.1) is 0 Å². The second kappa shape index (κ2) is 8.36. The molecule has 3 N–H and O–H groups in total. The van der Waals surface area contributed by atoms with Gasteiger partial charge in [0, 0.05) is 23.4 Å². The first-order chi connectivity index (χ1) is 11.6. The van der Waals surface area contributed by atoms with Crippen LogP contribution >= 0.6 is 0 Å². The van der Waals surface area contributed by atoms with Gasteiger partial charge in [-0.25, -0.2) is 0 Å². The van der Waals surface area contributed by atoms with Crippen molar-refractivity contribution in [2.45, 2.75) is 19.9 Å². The summed E-state index contributed by atoms with van der Waals surface area (Å²) in [4.78, 5) is 12.2. The van der Waals surface area contributed by atoms with Crippen LogP contribution in [0.1, 0.15) is 34.5 Å². The van der Waals surface area contributed by atoms with E-state index in [1.54, 1.807) is 13.2 Å². The van der Waals surface area contributed by atoms with Gasteiger partial charge in [-0.05, 0) is 37.6 Å². The number of benzene rings is 2. The van der Waals surface area contributed by atoms with Crippen molar-refractivity contribution in [1.29, 1.82) is 0 Å². The number of nitrogens with one attached hydrogen (secondary N) is 2. The molecule has 0 radical (unpaired) electrons. The van der Waals surface area contributed by atoms with Gasteiger partial charge in [0.05, 0.1) is 19.8 Å². The molecule has 24 heavy (non-hydrogen) atoms. The summed E-state index contributed by atoms with van der Waals surface area (Å²) in [6.07, 6.45) is 0. The Kier molecular flexibility index (Phi) is 6.21. The van der Waals surface area contributed by atoms with Crippen LogP contribution in [0.3, 0.4) is 0 Å². The van der Waals surface area contributed by atoms with Crippen molar-refractivity contribution in [3.63, 3.8) is 0 Å². The molecular weight excluding hydrogens is 304 g/mol. The highest BCUT2D eigenvalue weighted by Crippen LogP contribution is 2.29. The molecule has 0 bridgehead atoms. The number of methoxy groups -OCH3 is 1. The van der Waals surface area contributed by atoms with E-state index in [1.165, 1.54) is 0 Å². The highest BCUT2D eigenvalue weighted by Gasteiger charge is 2.15. The Balaban J connectivity index is 2.22. The second-order valence-electron chi connectivity index (χ2n) is 5.57. The SMILES string of the molecule is COc1ccccc1C(C)Nc1cccc(C(=O)NCCO)c1C.